The molecule has 3 aromatic rings. The van der Waals surface area contributed by atoms with Crippen LogP contribution in [0, 0.1) is 0 Å². The molecule has 0 aliphatic carbocycles. The summed E-state index contributed by atoms with van der Waals surface area (Å²) in [6.45, 7) is 0. The molecule has 0 atom stereocenters. The van der Waals surface area contributed by atoms with E-state index in [-0.39, 0.29) is 11.4 Å². The highest BCUT2D eigenvalue weighted by Gasteiger charge is 2.10. The molecule has 0 saturated carbocycles. The normalized spacial score (nSPS) is 10.9. The summed E-state index contributed by atoms with van der Waals surface area (Å²) in [6, 6.07) is 4.83. The third-order valence-corrected chi connectivity index (χ3v) is 2.62. The first-order valence-electron chi connectivity index (χ1n) is 5.20. The Balaban J connectivity index is 2.19. The molecule has 7 heteroatoms. The number of phenols is 1. The monoisotopic (exact) mass is 242 g/mol. The van der Waals surface area contributed by atoms with Crippen molar-refractivity contribution in [3.8, 4) is 17.1 Å². The van der Waals surface area contributed by atoms with E-state index in [0.717, 1.165) is 5.56 Å². The fourth-order valence-corrected chi connectivity index (χ4v) is 1.68. The second kappa shape index (κ2) is 3.59. The van der Waals surface area contributed by atoms with Crippen LogP contribution in [0.1, 0.15) is 0 Å². The lowest BCUT2D eigenvalue weighted by molar-refractivity contribution is 0.478. The van der Waals surface area contributed by atoms with E-state index < -0.39 is 0 Å². The lowest BCUT2D eigenvalue weighted by atomic mass is 10.2. The van der Waals surface area contributed by atoms with Gasteiger partial charge >= 0.3 is 0 Å². The molecule has 0 saturated heterocycles. The molecule has 0 radical (unpaired) electrons. The second-order valence-electron chi connectivity index (χ2n) is 3.82. The number of nitrogens with one attached hydrogen (secondary N) is 1. The van der Waals surface area contributed by atoms with Gasteiger partial charge in [-0.3, -0.25) is 0 Å². The Morgan fingerprint density at radius 2 is 2.00 bits per heavy atom. The zero-order valence-electron chi connectivity index (χ0n) is 9.25. The van der Waals surface area contributed by atoms with Crippen LogP contribution in [0.4, 0.5) is 11.5 Å². The number of phenolic OH excluding ortho intramolecular Hbond substituents is 1. The summed E-state index contributed by atoms with van der Waals surface area (Å²) < 4.78 is 0. The average Bonchev–Trinajstić information content (AvgIpc) is 2.78. The van der Waals surface area contributed by atoms with Crippen molar-refractivity contribution in [2.24, 2.45) is 0 Å². The first kappa shape index (κ1) is 10.3. The Labute approximate surface area is 102 Å². The Kier molecular flexibility index (Phi) is 2.06. The lowest BCUT2D eigenvalue weighted by Crippen LogP contribution is -1.91. The van der Waals surface area contributed by atoms with Crippen molar-refractivity contribution >= 4 is 22.7 Å². The Hall–Kier alpha value is -2.83. The van der Waals surface area contributed by atoms with Crippen molar-refractivity contribution in [3.05, 3.63) is 24.5 Å². The smallest absolute Gasteiger partial charge is 0.183 e. The number of aromatic nitrogens is 4. The molecule has 6 N–H and O–H groups in total. The van der Waals surface area contributed by atoms with Gasteiger partial charge in [-0.25, -0.2) is 15.0 Å². The predicted molar refractivity (Wildman–Crippen MR) is 67.6 cm³/mol. The molecule has 0 amide bonds. The van der Waals surface area contributed by atoms with E-state index in [9.17, 15) is 5.11 Å². The van der Waals surface area contributed by atoms with Gasteiger partial charge in [-0.1, -0.05) is 0 Å². The molecule has 0 bridgehead atoms. The summed E-state index contributed by atoms with van der Waals surface area (Å²) >= 11 is 0. The zero-order valence-corrected chi connectivity index (χ0v) is 9.25. The van der Waals surface area contributed by atoms with Gasteiger partial charge in [0.1, 0.15) is 23.4 Å². The molecule has 0 aliphatic heterocycles. The lowest BCUT2D eigenvalue weighted by Gasteiger charge is -2.00. The van der Waals surface area contributed by atoms with Gasteiger partial charge in [0.25, 0.3) is 0 Å². The number of nitrogen functional groups attached to an aromatic ring is 2. The summed E-state index contributed by atoms with van der Waals surface area (Å²) in [5.41, 5.74) is 13.4. The van der Waals surface area contributed by atoms with Gasteiger partial charge in [0, 0.05) is 5.56 Å². The average molecular weight is 242 g/mol. The largest absolute Gasteiger partial charge is 0.506 e. The van der Waals surface area contributed by atoms with Crippen LogP contribution in [-0.2, 0) is 0 Å². The van der Waals surface area contributed by atoms with Crippen LogP contribution in [0.25, 0.3) is 22.6 Å². The number of fused-ring (bicyclic) bond motifs is 1. The van der Waals surface area contributed by atoms with Crippen LogP contribution in [0.15, 0.2) is 24.5 Å². The molecule has 0 unspecified atom stereocenters. The maximum atomic E-state index is 9.38. The van der Waals surface area contributed by atoms with Crippen LogP contribution < -0.4 is 11.5 Å². The van der Waals surface area contributed by atoms with Gasteiger partial charge in [-0.05, 0) is 18.2 Å². The summed E-state index contributed by atoms with van der Waals surface area (Å²) in [4.78, 5) is 15.2. The zero-order chi connectivity index (χ0) is 12.7. The number of hydrogen-bond donors (Lipinski definition) is 4. The Morgan fingerprint density at radius 3 is 2.72 bits per heavy atom. The van der Waals surface area contributed by atoms with Gasteiger partial charge in [0.05, 0.1) is 5.69 Å². The number of imidazole rings is 1. The van der Waals surface area contributed by atoms with Gasteiger partial charge in [-0.15, -0.1) is 0 Å². The number of nitrogens with two attached hydrogens (primary N) is 2. The number of H-pyrrole nitrogens is 1. The molecule has 2 aromatic heterocycles. The maximum Gasteiger partial charge on any atom is 0.183 e. The fourth-order valence-electron chi connectivity index (χ4n) is 1.68. The first-order chi connectivity index (χ1) is 8.65. The van der Waals surface area contributed by atoms with Crippen molar-refractivity contribution in [1.82, 2.24) is 19.9 Å². The number of nitrogens with zero attached hydrogens (tertiary/aromatic N) is 3. The molecule has 0 spiro atoms. The number of benzene rings is 1. The van der Waals surface area contributed by atoms with Crippen LogP contribution in [-0.4, -0.2) is 25.0 Å². The molecular weight excluding hydrogens is 232 g/mol. The van der Waals surface area contributed by atoms with Crippen molar-refractivity contribution in [2.75, 3.05) is 11.5 Å². The minimum absolute atomic E-state index is 0.0363. The summed E-state index contributed by atoms with van der Waals surface area (Å²) in [6.07, 6.45) is 1.35. The molecule has 2 heterocycles. The molecule has 1 aromatic carbocycles. The first-order valence-corrected chi connectivity index (χ1v) is 5.20. The predicted octanol–water partition coefficient (Wildman–Crippen LogP) is 0.890. The van der Waals surface area contributed by atoms with Crippen molar-refractivity contribution in [2.45, 2.75) is 0 Å². The van der Waals surface area contributed by atoms with Gasteiger partial charge in [0.15, 0.2) is 11.5 Å². The SMILES string of the molecule is Nc1cc(-c2nc3ncnc(N)c3[nH]2)ccc1O. The van der Waals surface area contributed by atoms with Crippen LogP contribution >= 0.6 is 0 Å². The molecular formula is C11H10N6O. The number of hydrogen-bond acceptors (Lipinski definition) is 6. The second-order valence-corrected chi connectivity index (χ2v) is 3.82. The topological polar surface area (TPSA) is 127 Å². The molecule has 18 heavy (non-hydrogen) atoms. The summed E-state index contributed by atoms with van der Waals surface area (Å²) in [5, 5.41) is 9.38. The standard InChI is InChI=1S/C11H10N6O/c12-6-3-5(1-2-7(6)18)10-16-8-9(13)14-4-15-11(8)17-10/h1-4,18H,12H2,(H3,13,14,15,16,17). The molecule has 0 aliphatic rings. The van der Waals surface area contributed by atoms with E-state index in [4.69, 9.17) is 11.5 Å². The molecule has 7 nitrogen and oxygen atoms in total. The van der Waals surface area contributed by atoms with Crippen molar-refractivity contribution < 1.29 is 5.11 Å². The van der Waals surface area contributed by atoms with Crippen LogP contribution in [0.2, 0.25) is 0 Å². The van der Waals surface area contributed by atoms with E-state index in [0.29, 0.717) is 22.8 Å². The molecule has 3 rings (SSSR count). The van der Waals surface area contributed by atoms with E-state index >= 15 is 0 Å². The van der Waals surface area contributed by atoms with Crippen LogP contribution in [0.5, 0.6) is 5.75 Å². The molecule has 0 fully saturated rings. The minimum Gasteiger partial charge on any atom is -0.506 e. The fraction of sp³-hybridized carbons (Fsp3) is 0. The van der Waals surface area contributed by atoms with E-state index in [1.807, 2.05) is 0 Å². The number of rotatable bonds is 1. The summed E-state index contributed by atoms with van der Waals surface area (Å²) in [7, 11) is 0. The van der Waals surface area contributed by atoms with Gasteiger partial charge < -0.3 is 21.6 Å². The number of aromatic amines is 1. The van der Waals surface area contributed by atoms with Crippen molar-refractivity contribution in [3.63, 3.8) is 0 Å². The third-order valence-electron chi connectivity index (χ3n) is 2.62. The van der Waals surface area contributed by atoms with Crippen LogP contribution in [0.3, 0.4) is 0 Å². The number of aromatic hydroxyl groups is 1. The van der Waals surface area contributed by atoms with E-state index in [1.54, 1.807) is 12.1 Å². The quantitative estimate of drug-likeness (QED) is 0.370. The van der Waals surface area contributed by atoms with Crippen molar-refractivity contribution in [1.29, 1.82) is 0 Å². The number of anilines is 2. The van der Waals surface area contributed by atoms with E-state index in [2.05, 4.69) is 19.9 Å². The highest BCUT2D eigenvalue weighted by molar-refractivity contribution is 5.84. The van der Waals surface area contributed by atoms with E-state index in [1.165, 1.54) is 12.4 Å². The highest BCUT2D eigenvalue weighted by atomic mass is 16.3. The highest BCUT2D eigenvalue weighted by Crippen LogP contribution is 2.27. The Bertz CT molecular complexity index is 735. The minimum atomic E-state index is 0.0363. The maximum absolute atomic E-state index is 9.38. The van der Waals surface area contributed by atoms with Gasteiger partial charge in [0.2, 0.25) is 0 Å². The summed E-state index contributed by atoms with van der Waals surface area (Å²) in [5.74, 6) is 0.948. The molecule has 90 valence electrons. The van der Waals surface area contributed by atoms with Gasteiger partial charge in [-0.2, -0.15) is 0 Å². The third kappa shape index (κ3) is 1.49. The Morgan fingerprint density at radius 1 is 1.17 bits per heavy atom.